The van der Waals surface area contributed by atoms with Crippen LogP contribution in [0.3, 0.4) is 0 Å². The van der Waals surface area contributed by atoms with Gasteiger partial charge in [-0.2, -0.15) is 0 Å². The van der Waals surface area contributed by atoms with E-state index in [0.717, 1.165) is 32.1 Å². The van der Waals surface area contributed by atoms with E-state index < -0.39 is 53.7 Å². The first kappa shape index (κ1) is 34.8. The van der Waals surface area contributed by atoms with Gasteiger partial charge in [0.05, 0.1) is 24.6 Å². The smallest absolute Gasteiger partial charge is 0.313 e. The number of ether oxygens (including phenoxy) is 2. The molecule has 5 aliphatic rings. The molecule has 1 spiro atoms. The Kier molecular flexibility index (Phi) is 10.5. The van der Waals surface area contributed by atoms with Gasteiger partial charge in [-0.25, -0.2) is 0 Å². The van der Waals surface area contributed by atoms with Crippen LogP contribution in [0.2, 0.25) is 0 Å². The number of halogens is 1. The number of rotatable bonds is 6. The minimum absolute atomic E-state index is 0.0240. The maximum atomic E-state index is 15.1. The summed E-state index contributed by atoms with van der Waals surface area (Å²) in [4.78, 5) is 60.9. The average molecular weight is 727 g/mol. The van der Waals surface area contributed by atoms with E-state index in [1.54, 1.807) is 11.8 Å². The number of likely N-dealkylation sites (tertiary alicyclic amines) is 1. The Hall–Kier alpha value is -3.02. The van der Waals surface area contributed by atoms with Gasteiger partial charge in [0.1, 0.15) is 29.8 Å². The standard InChI is InChI=1S/C37H48BrN3O7/c1-4-22(2)27(21-42)41-33-35(45)40(25-16-10-6-11-17-25)19-13-7-12-18-28(43)39-23(3)31(24-14-8-5-9-15-24)47-36(46)29-30(34(41)44)37(33)20-26(38)32(29)48-37/h5,7-9,13-15,20,22-23,25,27,29-33,42H,4,6,10-12,16-19,21H2,1-3H3,(H,39,43)/b13-7-/t22-,23+,27-,29-,30+,31-,32-,33-,37+/m0/s1. The molecule has 6 rings (SSSR count). The second-order valence-corrected chi connectivity index (χ2v) is 15.0. The fourth-order valence-corrected chi connectivity index (χ4v) is 9.31. The van der Waals surface area contributed by atoms with E-state index in [0.29, 0.717) is 29.4 Å². The molecule has 3 fully saturated rings. The number of allylic oxidation sites excluding steroid dienone is 1. The number of cyclic esters (lactones) is 1. The van der Waals surface area contributed by atoms with Crippen LogP contribution >= 0.6 is 15.9 Å². The van der Waals surface area contributed by atoms with E-state index in [1.807, 2.05) is 67.3 Å². The quantitative estimate of drug-likeness (QED) is 0.325. The normalized spacial score (nSPS) is 35.1. The Morgan fingerprint density at radius 1 is 1.04 bits per heavy atom. The summed E-state index contributed by atoms with van der Waals surface area (Å²) in [5, 5.41) is 13.8. The molecule has 260 valence electrons. The van der Waals surface area contributed by atoms with E-state index in [2.05, 4.69) is 21.2 Å². The number of amides is 3. The van der Waals surface area contributed by atoms with Crippen molar-refractivity contribution in [3.05, 3.63) is 58.6 Å². The fraction of sp³-hybridized carbons (Fsp3) is 0.622. The van der Waals surface area contributed by atoms with E-state index >= 15 is 4.79 Å². The van der Waals surface area contributed by atoms with Gasteiger partial charge in [0, 0.05) is 23.5 Å². The van der Waals surface area contributed by atoms with Crippen molar-refractivity contribution in [1.29, 1.82) is 0 Å². The number of hydrogen-bond acceptors (Lipinski definition) is 7. The molecule has 9 atom stereocenters. The number of esters is 1. The molecule has 1 aromatic carbocycles. The number of aliphatic hydroxyl groups excluding tert-OH is 1. The highest BCUT2D eigenvalue weighted by Crippen LogP contribution is 2.59. The van der Waals surface area contributed by atoms with Crippen LogP contribution in [0.5, 0.6) is 0 Å². The minimum Gasteiger partial charge on any atom is -0.455 e. The third-order valence-corrected chi connectivity index (χ3v) is 11.9. The van der Waals surface area contributed by atoms with Gasteiger partial charge in [-0.05, 0) is 43.7 Å². The first-order chi connectivity index (χ1) is 23.1. The van der Waals surface area contributed by atoms with E-state index in [-0.39, 0.29) is 42.7 Å². The third-order valence-electron chi connectivity index (χ3n) is 11.2. The predicted molar refractivity (Wildman–Crippen MR) is 182 cm³/mol. The summed E-state index contributed by atoms with van der Waals surface area (Å²) in [7, 11) is 0. The van der Waals surface area contributed by atoms with E-state index in [9.17, 15) is 19.5 Å². The first-order valence-corrected chi connectivity index (χ1v) is 18.4. The number of nitrogens with one attached hydrogen (secondary N) is 1. The first-order valence-electron chi connectivity index (χ1n) is 17.6. The minimum atomic E-state index is -1.42. The van der Waals surface area contributed by atoms with Crippen LogP contribution in [0.1, 0.15) is 83.8 Å². The fourth-order valence-electron chi connectivity index (χ4n) is 8.57. The number of benzene rings is 1. The molecule has 11 heteroatoms. The molecule has 2 saturated heterocycles. The summed E-state index contributed by atoms with van der Waals surface area (Å²) in [5.41, 5.74) is -0.716. The van der Waals surface area contributed by atoms with Crippen molar-refractivity contribution < 1.29 is 33.8 Å². The van der Waals surface area contributed by atoms with Crippen LogP contribution in [-0.2, 0) is 28.7 Å². The number of carbonyl (C=O) groups is 4. The maximum absolute atomic E-state index is 15.1. The van der Waals surface area contributed by atoms with Crippen molar-refractivity contribution in [3.8, 4) is 0 Å². The summed E-state index contributed by atoms with van der Waals surface area (Å²) < 4.78 is 13.6. The highest BCUT2D eigenvalue weighted by atomic mass is 79.9. The van der Waals surface area contributed by atoms with Crippen molar-refractivity contribution in [2.75, 3.05) is 13.2 Å². The molecule has 10 nitrogen and oxygen atoms in total. The number of nitrogens with zero attached hydrogens (tertiary/aromatic N) is 2. The predicted octanol–water partition coefficient (Wildman–Crippen LogP) is 4.57. The molecule has 0 radical (unpaired) electrons. The zero-order valence-electron chi connectivity index (χ0n) is 28.1. The molecular formula is C37H48BrN3O7. The van der Waals surface area contributed by atoms with Crippen molar-refractivity contribution >= 4 is 39.6 Å². The Labute approximate surface area is 291 Å². The molecule has 1 aliphatic carbocycles. The molecule has 48 heavy (non-hydrogen) atoms. The van der Waals surface area contributed by atoms with Crippen LogP contribution in [0.15, 0.2) is 53.0 Å². The Morgan fingerprint density at radius 3 is 2.46 bits per heavy atom. The van der Waals surface area contributed by atoms with Gasteiger partial charge in [-0.3, -0.25) is 19.2 Å². The zero-order chi connectivity index (χ0) is 34.2. The number of carbonyl (C=O) groups excluding carboxylic acids is 4. The van der Waals surface area contributed by atoms with Crippen molar-refractivity contribution in [2.45, 2.75) is 114 Å². The summed E-state index contributed by atoms with van der Waals surface area (Å²) >= 11 is 3.64. The van der Waals surface area contributed by atoms with E-state index in [1.165, 1.54) is 0 Å². The number of aliphatic hydroxyl groups is 1. The highest BCUT2D eigenvalue weighted by molar-refractivity contribution is 9.11. The van der Waals surface area contributed by atoms with E-state index in [4.69, 9.17) is 9.47 Å². The lowest BCUT2D eigenvalue weighted by atomic mass is 9.74. The lowest BCUT2D eigenvalue weighted by molar-refractivity contribution is -0.162. The van der Waals surface area contributed by atoms with Crippen LogP contribution in [0, 0.1) is 17.8 Å². The van der Waals surface area contributed by atoms with Gasteiger partial charge in [0.25, 0.3) is 0 Å². The SMILES string of the molecule is CC[C@H](C)[C@H](CO)N1C(=O)[C@H]2[C@@H]3C(=O)O[C@H](c4ccccc4)[C@@H](C)NC(=O)CC/C=C\CN(C4CCCCC4)C(=O)[C@H]1[C@@]21C=C(Br)[C@@H]3O1. The molecule has 4 aliphatic heterocycles. The third kappa shape index (κ3) is 6.15. The Balaban J connectivity index is 1.48. The monoisotopic (exact) mass is 725 g/mol. The van der Waals surface area contributed by atoms with Gasteiger partial charge in [0.15, 0.2) is 0 Å². The topological polar surface area (TPSA) is 125 Å². The molecule has 4 heterocycles. The largest absolute Gasteiger partial charge is 0.455 e. The molecule has 2 N–H and O–H groups in total. The van der Waals surface area contributed by atoms with Crippen molar-refractivity contribution in [3.63, 3.8) is 0 Å². The molecule has 1 aromatic rings. The highest BCUT2D eigenvalue weighted by Gasteiger charge is 2.75. The number of fused-ring (bicyclic) bond motifs is 2. The molecule has 0 aromatic heterocycles. The van der Waals surface area contributed by atoms with Gasteiger partial charge in [-0.15, -0.1) is 0 Å². The van der Waals surface area contributed by atoms with Gasteiger partial charge < -0.3 is 29.7 Å². The number of hydrogen-bond donors (Lipinski definition) is 2. The van der Waals surface area contributed by atoms with Crippen LogP contribution < -0.4 is 5.32 Å². The van der Waals surface area contributed by atoms with Gasteiger partial charge in [-0.1, -0.05) is 97.9 Å². The molecular weight excluding hydrogens is 678 g/mol. The molecule has 1 saturated carbocycles. The average Bonchev–Trinajstić information content (AvgIpc) is 3.68. The van der Waals surface area contributed by atoms with Crippen molar-refractivity contribution in [2.24, 2.45) is 17.8 Å². The van der Waals surface area contributed by atoms with Crippen molar-refractivity contribution in [1.82, 2.24) is 15.1 Å². The second-order valence-electron chi connectivity index (χ2n) is 14.1. The van der Waals surface area contributed by atoms with Gasteiger partial charge >= 0.3 is 5.97 Å². The Morgan fingerprint density at radius 2 is 1.77 bits per heavy atom. The van der Waals surface area contributed by atoms with Crippen LogP contribution in [0.25, 0.3) is 0 Å². The summed E-state index contributed by atoms with van der Waals surface area (Å²) in [5.74, 6) is -3.61. The molecule has 3 amide bonds. The van der Waals surface area contributed by atoms with Crippen LogP contribution in [0.4, 0.5) is 0 Å². The lowest BCUT2D eigenvalue weighted by Crippen LogP contribution is -2.61. The summed E-state index contributed by atoms with van der Waals surface area (Å²) in [6.07, 6.45) is 10.3. The maximum Gasteiger partial charge on any atom is 0.313 e. The molecule has 0 unspecified atom stereocenters. The van der Waals surface area contributed by atoms with Gasteiger partial charge in [0.2, 0.25) is 17.7 Å². The van der Waals surface area contributed by atoms with Crippen LogP contribution in [-0.4, -0.2) is 87.6 Å². The lowest BCUT2D eigenvalue weighted by Gasteiger charge is -2.43. The molecule has 5 bridgehead atoms. The summed E-state index contributed by atoms with van der Waals surface area (Å²) in [6, 6.07) is 6.93. The summed E-state index contributed by atoms with van der Waals surface area (Å²) in [6.45, 7) is 5.77. The zero-order valence-corrected chi connectivity index (χ0v) is 29.6. The second kappa shape index (κ2) is 14.5. The Bertz CT molecular complexity index is 1450.